The summed E-state index contributed by atoms with van der Waals surface area (Å²) in [6.45, 7) is 0. The standard InChI is InChI=1S/C44H32N4/c1-5-13-35(14-6-1)47(36-15-7-2-8-16-36)39-25-21-33(22-26-39)41-29-31-46-44-42(30-32-45-43(41)44)34-23-27-40(28-24-34)48(37-17-9-3-10-18-37)38-19-11-4-12-20-38/h1-32H. The van der Waals surface area contributed by atoms with Crippen molar-refractivity contribution in [2.45, 2.75) is 0 Å². The second-order valence-corrected chi connectivity index (χ2v) is 11.5. The maximum atomic E-state index is 4.84. The van der Waals surface area contributed by atoms with Crippen LogP contribution in [0.3, 0.4) is 0 Å². The summed E-state index contributed by atoms with van der Waals surface area (Å²) in [7, 11) is 0. The lowest BCUT2D eigenvalue weighted by Crippen LogP contribution is -2.09. The minimum atomic E-state index is 0.880. The normalized spacial score (nSPS) is 10.9. The van der Waals surface area contributed by atoms with E-state index in [1.54, 1.807) is 0 Å². The van der Waals surface area contributed by atoms with Gasteiger partial charge in [-0.3, -0.25) is 9.97 Å². The molecule has 0 bridgehead atoms. The number of nitrogens with zero attached hydrogens (tertiary/aromatic N) is 4. The molecule has 0 spiro atoms. The van der Waals surface area contributed by atoms with Gasteiger partial charge in [0.05, 0.1) is 11.0 Å². The Balaban J connectivity index is 1.14. The highest BCUT2D eigenvalue weighted by Gasteiger charge is 2.16. The minimum absolute atomic E-state index is 0.880. The molecule has 6 aromatic carbocycles. The molecule has 0 saturated heterocycles. The quantitative estimate of drug-likeness (QED) is 0.170. The molecule has 0 radical (unpaired) electrons. The molecule has 4 nitrogen and oxygen atoms in total. The molecule has 0 saturated carbocycles. The second-order valence-electron chi connectivity index (χ2n) is 11.5. The van der Waals surface area contributed by atoms with Crippen LogP contribution in [0.4, 0.5) is 34.1 Å². The molecule has 8 aromatic rings. The zero-order chi connectivity index (χ0) is 32.1. The Kier molecular flexibility index (Phi) is 7.87. The van der Waals surface area contributed by atoms with Crippen LogP contribution in [0.5, 0.6) is 0 Å². The molecular formula is C44H32N4. The van der Waals surface area contributed by atoms with Crippen LogP contribution in [-0.4, -0.2) is 9.97 Å². The number of fused-ring (bicyclic) bond motifs is 1. The number of hydrogen-bond acceptors (Lipinski definition) is 4. The third-order valence-electron chi connectivity index (χ3n) is 8.55. The Morgan fingerprint density at radius 1 is 0.271 bits per heavy atom. The van der Waals surface area contributed by atoms with Gasteiger partial charge in [0.15, 0.2) is 0 Å². The molecular weight excluding hydrogens is 585 g/mol. The molecule has 0 fully saturated rings. The lowest BCUT2D eigenvalue weighted by atomic mass is 9.99. The predicted molar refractivity (Wildman–Crippen MR) is 200 cm³/mol. The summed E-state index contributed by atoms with van der Waals surface area (Å²) < 4.78 is 0. The molecule has 0 atom stereocenters. The van der Waals surface area contributed by atoms with Gasteiger partial charge >= 0.3 is 0 Å². The number of rotatable bonds is 8. The van der Waals surface area contributed by atoms with E-state index in [0.717, 1.165) is 67.4 Å². The van der Waals surface area contributed by atoms with Gasteiger partial charge in [-0.05, 0) is 96.1 Å². The summed E-state index contributed by atoms with van der Waals surface area (Å²) in [6.07, 6.45) is 3.77. The van der Waals surface area contributed by atoms with Crippen molar-refractivity contribution < 1.29 is 0 Å². The highest BCUT2D eigenvalue weighted by atomic mass is 15.1. The summed E-state index contributed by atoms with van der Waals surface area (Å²) in [5.41, 5.74) is 12.7. The van der Waals surface area contributed by atoms with Gasteiger partial charge in [0, 0.05) is 57.6 Å². The Labute approximate surface area is 280 Å². The lowest BCUT2D eigenvalue weighted by Gasteiger charge is -2.25. The second kappa shape index (κ2) is 13.1. The summed E-state index contributed by atoms with van der Waals surface area (Å²) >= 11 is 0. The Morgan fingerprint density at radius 3 is 0.833 bits per heavy atom. The van der Waals surface area contributed by atoms with E-state index in [0.29, 0.717) is 0 Å². The first kappa shape index (κ1) is 28.9. The van der Waals surface area contributed by atoms with Crippen molar-refractivity contribution in [3.8, 4) is 22.3 Å². The van der Waals surface area contributed by atoms with Crippen LogP contribution < -0.4 is 9.80 Å². The van der Waals surface area contributed by atoms with Crippen LogP contribution in [-0.2, 0) is 0 Å². The third-order valence-corrected chi connectivity index (χ3v) is 8.55. The number of anilines is 6. The zero-order valence-electron chi connectivity index (χ0n) is 26.3. The van der Waals surface area contributed by atoms with Gasteiger partial charge in [0.2, 0.25) is 0 Å². The first-order chi connectivity index (χ1) is 23.8. The van der Waals surface area contributed by atoms with Gasteiger partial charge < -0.3 is 9.80 Å². The maximum Gasteiger partial charge on any atom is 0.0971 e. The van der Waals surface area contributed by atoms with Crippen LogP contribution in [0.2, 0.25) is 0 Å². The molecule has 8 rings (SSSR count). The van der Waals surface area contributed by atoms with E-state index in [1.165, 1.54) is 0 Å². The van der Waals surface area contributed by atoms with Crippen LogP contribution >= 0.6 is 0 Å². The molecule has 0 unspecified atom stereocenters. The van der Waals surface area contributed by atoms with Crippen LogP contribution in [0.25, 0.3) is 33.3 Å². The van der Waals surface area contributed by atoms with Gasteiger partial charge in [0.1, 0.15) is 0 Å². The van der Waals surface area contributed by atoms with Gasteiger partial charge in [-0.2, -0.15) is 0 Å². The van der Waals surface area contributed by atoms with E-state index in [2.05, 4.69) is 168 Å². The minimum Gasteiger partial charge on any atom is -0.311 e. The molecule has 0 aliphatic carbocycles. The molecule has 48 heavy (non-hydrogen) atoms. The van der Waals surface area contributed by atoms with Crippen molar-refractivity contribution in [2.24, 2.45) is 0 Å². The number of hydrogen-bond donors (Lipinski definition) is 0. The number of para-hydroxylation sites is 4. The fourth-order valence-electron chi connectivity index (χ4n) is 6.30. The van der Waals surface area contributed by atoms with E-state index in [1.807, 2.05) is 36.7 Å². The summed E-state index contributed by atoms with van der Waals surface area (Å²) in [5.74, 6) is 0. The highest BCUT2D eigenvalue weighted by molar-refractivity contribution is 5.99. The smallest absolute Gasteiger partial charge is 0.0971 e. The average Bonchev–Trinajstić information content (AvgIpc) is 3.17. The monoisotopic (exact) mass is 616 g/mol. The van der Waals surface area contributed by atoms with Crippen molar-refractivity contribution in [3.63, 3.8) is 0 Å². The van der Waals surface area contributed by atoms with Crippen molar-refractivity contribution in [2.75, 3.05) is 9.80 Å². The Morgan fingerprint density at radius 2 is 0.542 bits per heavy atom. The number of aromatic nitrogens is 2. The molecule has 4 heteroatoms. The molecule has 0 N–H and O–H groups in total. The fraction of sp³-hybridized carbons (Fsp3) is 0. The van der Waals surface area contributed by atoms with Crippen LogP contribution in [0.1, 0.15) is 0 Å². The summed E-state index contributed by atoms with van der Waals surface area (Å²) in [4.78, 5) is 14.2. The van der Waals surface area contributed by atoms with Crippen molar-refractivity contribution in [1.29, 1.82) is 0 Å². The van der Waals surface area contributed by atoms with E-state index >= 15 is 0 Å². The van der Waals surface area contributed by atoms with Crippen molar-refractivity contribution >= 4 is 45.2 Å². The highest BCUT2D eigenvalue weighted by Crippen LogP contribution is 2.39. The summed E-state index contributed by atoms with van der Waals surface area (Å²) in [6, 6.07) is 63.4. The SMILES string of the molecule is c1ccc(N(c2ccccc2)c2ccc(-c3ccnc4c(-c5ccc(N(c6ccccc6)c6ccccc6)cc5)ccnc34)cc2)cc1. The lowest BCUT2D eigenvalue weighted by molar-refractivity contribution is 1.28. The van der Waals surface area contributed by atoms with Gasteiger partial charge in [-0.15, -0.1) is 0 Å². The van der Waals surface area contributed by atoms with E-state index in [9.17, 15) is 0 Å². The molecule has 0 aliphatic heterocycles. The molecule has 0 aliphatic rings. The zero-order valence-corrected chi connectivity index (χ0v) is 26.3. The molecule has 228 valence electrons. The van der Waals surface area contributed by atoms with Crippen molar-refractivity contribution in [3.05, 3.63) is 194 Å². The number of benzene rings is 6. The summed E-state index contributed by atoms with van der Waals surface area (Å²) in [5, 5.41) is 0. The number of pyridine rings is 2. The largest absolute Gasteiger partial charge is 0.311 e. The predicted octanol–water partition coefficient (Wildman–Crippen LogP) is 11.9. The molecule has 0 amide bonds. The Bertz CT molecular complexity index is 2010. The average molecular weight is 617 g/mol. The first-order valence-corrected chi connectivity index (χ1v) is 16.1. The fourth-order valence-corrected chi connectivity index (χ4v) is 6.30. The van der Waals surface area contributed by atoms with Crippen LogP contribution in [0.15, 0.2) is 194 Å². The van der Waals surface area contributed by atoms with E-state index < -0.39 is 0 Å². The maximum absolute atomic E-state index is 4.84. The van der Waals surface area contributed by atoms with Gasteiger partial charge in [-0.1, -0.05) is 97.1 Å². The van der Waals surface area contributed by atoms with E-state index in [-0.39, 0.29) is 0 Å². The Hall–Kier alpha value is -6.52. The van der Waals surface area contributed by atoms with Crippen molar-refractivity contribution in [1.82, 2.24) is 9.97 Å². The van der Waals surface area contributed by atoms with E-state index in [4.69, 9.17) is 9.97 Å². The molecule has 2 aromatic heterocycles. The van der Waals surface area contributed by atoms with Gasteiger partial charge in [0.25, 0.3) is 0 Å². The first-order valence-electron chi connectivity index (χ1n) is 16.1. The topological polar surface area (TPSA) is 32.3 Å². The molecule has 2 heterocycles. The third kappa shape index (κ3) is 5.68. The van der Waals surface area contributed by atoms with Gasteiger partial charge in [-0.25, -0.2) is 0 Å². The van der Waals surface area contributed by atoms with Crippen LogP contribution in [0, 0.1) is 0 Å².